The van der Waals surface area contributed by atoms with Gasteiger partial charge in [-0.1, -0.05) is 164 Å². The van der Waals surface area contributed by atoms with Crippen LogP contribution in [-0.2, 0) is 0 Å². The van der Waals surface area contributed by atoms with E-state index in [9.17, 15) is 0 Å². The van der Waals surface area contributed by atoms with Crippen LogP contribution in [0.3, 0.4) is 0 Å². The van der Waals surface area contributed by atoms with Gasteiger partial charge in [0.1, 0.15) is 22.3 Å². The smallest absolute Gasteiger partial charge is 0.164 e. The Morgan fingerprint density at radius 1 is 0.302 bits per heavy atom. The van der Waals surface area contributed by atoms with Gasteiger partial charge in [-0.25, -0.2) is 15.0 Å². The Kier molecular flexibility index (Phi) is 8.01. The molecule has 0 atom stereocenters. The molecule has 0 unspecified atom stereocenters. The maximum atomic E-state index is 6.78. The number of thiophene rings is 1. The van der Waals surface area contributed by atoms with Gasteiger partial charge in [0.2, 0.25) is 0 Å². The van der Waals surface area contributed by atoms with E-state index in [4.69, 9.17) is 23.8 Å². The maximum absolute atomic E-state index is 6.78. The fourth-order valence-electron chi connectivity index (χ4n) is 9.17. The number of hydrogen-bond donors (Lipinski definition) is 0. The minimum Gasteiger partial charge on any atom is -0.456 e. The summed E-state index contributed by atoms with van der Waals surface area (Å²) in [7, 11) is 0. The second-order valence-corrected chi connectivity index (χ2v) is 17.0. The summed E-state index contributed by atoms with van der Waals surface area (Å²) in [5.74, 6) is 1.79. The summed E-state index contributed by atoms with van der Waals surface area (Å²) < 4.78 is 15.9. The van der Waals surface area contributed by atoms with E-state index in [0.717, 1.165) is 93.9 Å². The molecule has 0 fully saturated rings. The van der Waals surface area contributed by atoms with E-state index in [1.165, 1.54) is 20.2 Å². The van der Waals surface area contributed by atoms with Crippen molar-refractivity contribution < 1.29 is 8.83 Å². The highest BCUT2D eigenvalue weighted by atomic mass is 32.1. The number of nitrogens with zero attached hydrogens (tertiary/aromatic N) is 3. The van der Waals surface area contributed by atoms with Crippen molar-refractivity contribution in [3.8, 4) is 67.5 Å². The summed E-state index contributed by atoms with van der Waals surface area (Å²) in [4.78, 5) is 15.3. The predicted molar refractivity (Wildman–Crippen MR) is 260 cm³/mol. The zero-order valence-corrected chi connectivity index (χ0v) is 34.4. The van der Waals surface area contributed by atoms with Gasteiger partial charge in [0.25, 0.3) is 0 Å². The van der Waals surface area contributed by atoms with E-state index in [1.807, 2.05) is 59.9 Å². The van der Waals surface area contributed by atoms with Crippen LogP contribution in [0.2, 0.25) is 0 Å². The van der Waals surface area contributed by atoms with Gasteiger partial charge in [0, 0.05) is 64.0 Å². The molecule has 9 aromatic carbocycles. The zero-order chi connectivity index (χ0) is 41.4. The fraction of sp³-hybridized carbons (Fsp3) is 0. The van der Waals surface area contributed by atoms with Crippen molar-refractivity contribution in [1.29, 1.82) is 0 Å². The van der Waals surface area contributed by atoms with Crippen LogP contribution in [0.15, 0.2) is 209 Å². The summed E-state index contributed by atoms with van der Waals surface area (Å²) in [6.45, 7) is 0. The highest BCUT2D eigenvalue weighted by molar-refractivity contribution is 7.25. The first kappa shape index (κ1) is 35.6. The van der Waals surface area contributed by atoms with Crippen molar-refractivity contribution in [3.63, 3.8) is 0 Å². The third-order valence-electron chi connectivity index (χ3n) is 12.2. The van der Waals surface area contributed by atoms with Crippen molar-refractivity contribution in [1.82, 2.24) is 15.0 Å². The molecule has 0 radical (unpaired) electrons. The molecule has 6 heteroatoms. The molecule has 13 aromatic rings. The normalized spacial score (nSPS) is 11.8. The fourth-order valence-corrected chi connectivity index (χ4v) is 10.3. The van der Waals surface area contributed by atoms with Gasteiger partial charge in [0.15, 0.2) is 17.5 Å². The topological polar surface area (TPSA) is 65.0 Å². The lowest BCUT2D eigenvalue weighted by Gasteiger charge is -2.10. The van der Waals surface area contributed by atoms with Crippen LogP contribution in [0.4, 0.5) is 0 Å². The summed E-state index contributed by atoms with van der Waals surface area (Å²) >= 11 is 1.83. The van der Waals surface area contributed by atoms with Crippen molar-refractivity contribution in [2.75, 3.05) is 0 Å². The summed E-state index contributed by atoms with van der Waals surface area (Å²) in [6, 6.07) is 69.7. The van der Waals surface area contributed by atoms with Crippen LogP contribution in [0.25, 0.3) is 132 Å². The Bertz CT molecular complexity index is 3900. The van der Waals surface area contributed by atoms with Crippen LogP contribution in [0.1, 0.15) is 0 Å². The number of rotatable bonds is 6. The molecule has 4 aromatic heterocycles. The molecule has 0 amide bonds. The molecule has 0 aliphatic heterocycles. The second kappa shape index (κ2) is 14.2. The first-order valence-corrected chi connectivity index (χ1v) is 21.8. The Balaban J connectivity index is 0.954. The summed E-state index contributed by atoms with van der Waals surface area (Å²) in [5, 5.41) is 6.67. The standard InChI is InChI=1S/C57H33N3O2S/c1-3-12-34(13-4-1)35-24-26-37(27-25-35)56-58-55(36-14-5-2-6-15-36)59-57(60-56)45-20-11-21-48-53(45)46-32-38(29-31-47(46)61-48)40-17-10-22-49-52(40)44-19-9-18-41(54(44)62-49)39-28-30-43-42-16-7-8-23-50(42)63-51(43)33-39/h1-33H. The molecule has 4 heterocycles. The van der Waals surface area contributed by atoms with Gasteiger partial charge in [-0.3, -0.25) is 0 Å². The van der Waals surface area contributed by atoms with Crippen molar-refractivity contribution >= 4 is 75.4 Å². The van der Waals surface area contributed by atoms with E-state index in [1.54, 1.807) is 0 Å². The molecule has 294 valence electrons. The molecule has 0 spiro atoms. The molecular formula is C57H33N3O2S. The molecule has 0 saturated heterocycles. The molecule has 5 nitrogen and oxygen atoms in total. The first-order chi connectivity index (χ1) is 31.2. The van der Waals surface area contributed by atoms with Crippen molar-refractivity contribution in [2.45, 2.75) is 0 Å². The molecule has 0 saturated carbocycles. The number of fused-ring (bicyclic) bond motifs is 9. The van der Waals surface area contributed by atoms with Crippen LogP contribution in [0, 0.1) is 0 Å². The maximum Gasteiger partial charge on any atom is 0.164 e. The van der Waals surface area contributed by atoms with Gasteiger partial charge in [-0.05, 0) is 64.2 Å². The molecule has 0 aliphatic rings. The molecular weight excluding hydrogens is 791 g/mol. The van der Waals surface area contributed by atoms with Gasteiger partial charge in [-0.2, -0.15) is 0 Å². The largest absolute Gasteiger partial charge is 0.456 e. The number of hydrogen-bond acceptors (Lipinski definition) is 6. The van der Waals surface area contributed by atoms with Crippen LogP contribution >= 0.6 is 11.3 Å². The van der Waals surface area contributed by atoms with Gasteiger partial charge in [-0.15, -0.1) is 11.3 Å². The molecule has 63 heavy (non-hydrogen) atoms. The Labute approximate surface area is 365 Å². The lowest BCUT2D eigenvalue weighted by molar-refractivity contribution is 0.669. The molecule has 0 N–H and O–H groups in total. The first-order valence-electron chi connectivity index (χ1n) is 21.0. The predicted octanol–water partition coefficient (Wildman–Crippen LogP) is 16.0. The van der Waals surface area contributed by atoms with Gasteiger partial charge in [0.05, 0.1) is 0 Å². The van der Waals surface area contributed by atoms with Crippen LogP contribution < -0.4 is 0 Å². The van der Waals surface area contributed by atoms with Crippen LogP contribution in [-0.4, -0.2) is 15.0 Å². The third kappa shape index (κ3) is 5.87. The van der Waals surface area contributed by atoms with Gasteiger partial charge < -0.3 is 8.83 Å². The average Bonchev–Trinajstić information content (AvgIpc) is 4.05. The van der Waals surface area contributed by atoms with E-state index >= 15 is 0 Å². The highest BCUT2D eigenvalue weighted by Crippen LogP contribution is 2.44. The van der Waals surface area contributed by atoms with Gasteiger partial charge >= 0.3 is 0 Å². The number of aromatic nitrogens is 3. The lowest BCUT2D eigenvalue weighted by atomic mass is 9.95. The molecule has 0 aliphatic carbocycles. The van der Waals surface area contributed by atoms with E-state index in [-0.39, 0.29) is 0 Å². The lowest BCUT2D eigenvalue weighted by Crippen LogP contribution is -2.00. The minimum absolute atomic E-state index is 0.578. The van der Waals surface area contributed by atoms with Crippen molar-refractivity contribution in [2.24, 2.45) is 0 Å². The monoisotopic (exact) mass is 823 g/mol. The Morgan fingerprint density at radius 2 is 0.841 bits per heavy atom. The minimum atomic E-state index is 0.578. The Morgan fingerprint density at radius 3 is 1.65 bits per heavy atom. The quantitative estimate of drug-likeness (QED) is 0.167. The van der Waals surface area contributed by atoms with E-state index in [2.05, 4.69) is 152 Å². The van der Waals surface area contributed by atoms with E-state index < -0.39 is 0 Å². The molecule has 13 rings (SSSR count). The zero-order valence-electron chi connectivity index (χ0n) is 33.6. The van der Waals surface area contributed by atoms with Crippen molar-refractivity contribution in [3.05, 3.63) is 200 Å². The number of benzene rings is 9. The Hall–Kier alpha value is -8.19. The molecule has 0 bridgehead atoms. The summed E-state index contributed by atoms with van der Waals surface area (Å²) in [6.07, 6.45) is 0. The van der Waals surface area contributed by atoms with E-state index in [0.29, 0.717) is 17.5 Å². The SMILES string of the molecule is c1ccc(-c2ccc(-c3nc(-c4ccccc4)nc(-c4cccc5oc6ccc(-c7cccc8oc9c(-c%10ccc%11c(c%10)sc%10ccccc%10%11)cccc9c78)cc6c45)n3)cc2)cc1. The second-order valence-electron chi connectivity index (χ2n) is 15.9. The number of para-hydroxylation sites is 1. The highest BCUT2D eigenvalue weighted by Gasteiger charge is 2.21. The number of furan rings is 2. The average molecular weight is 824 g/mol. The van der Waals surface area contributed by atoms with Crippen LogP contribution in [0.5, 0.6) is 0 Å². The third-order valence-corrected chi connectivity index (χ3v) is 13.3. The summed E-state index contributed by atoms with van der Waals surface area (Å²) in [5.41, 5.74) is 12.6.